The number of hydrogen-bond donors (Lipinski definition) is 1. The van der Waals surface area contributed by atoms with Crippen LogP contribution in [0.3, 0.4) is 0 Å². The van der Waals surface area contributed by atoms with E-state index in [9.17, 15) is 4.79 Å². The van der Waals surface area contributed by atoms with Gasteiger partial charge in [0.05, 0.1) is 13.3 Å². The van der Waals surface area contributed by atoms with E-state index in [0.29, 0.717) is 12.2 Å². The predicted octanol–water partition coefficient (Wildman–Crippen LogP) is 4.05. The van der Waals surface area contributed by atoms with Gasteiger partial charge in [0.15, 0.2) is 0 Å². The first-order valence-corrected chi connectivity index (χ1v) is 9.18. The highest BCUT2D eigenvalue weighted by Gasteiger charge is 2.08. The summed E-state index contributed by atoms with van der Waals surface area (Å²) in [6.07, 6.45) is 4.70. The highest BCUT2D eigenvalue weighted by Crippen LogP contribution is 2.25. The van der Waals surface area contributed by atoms with Crippen molar-refractivity contribution in [2.45, 2.75) is 20.5 Å². The van der Waals surface area contributed by atoms with Crippen molar-refractivity contribution in [3.05, 3.63) is 88.7 Å². The van der Waals surface area contributed by atoms with Gasteiger partial charge in [0, 0.05) is 23.5 Å². The van der Waals surface area contributed by atoms with E-state index in [2.05, 4.69) is 28.5 Å². The van der Waals surface area contributed by atoms with Gasteiger partial charge in [-0.15, -0.1) is 0 Å². The highest BCUT2D eigenvalue weighted by molar-refractivity contribution is 5.94. The number of pyridine rings is 1. The fraction of sp³-hybridized carbons (Fsp3) is 0.174. The molecule has 0 aliphatic carbocycles. The van der Waals surface area contributed by atoms with E-state index in [1.807, 2.05) is 37.3 Å². The number of carbonyl (C=O) groups is 1. The van der Waals surface area contributed by atoms with Crippen LogP contribution in [-0.2, 0) is 6.61 Å². The third-order valence-corrected chi connectivity index (χ3v) is 4.56. The monoisotopic (exact) mass is 389 g/mol. The normalized spacial score (nSPS) is 10.7. The van der Waals surface area contributed by atoms with E-state index in [0.717, 1.165) is 28.2 Å². The van der Waals surface area contributed by atoms with Gasteiger partial charge in [0.25, 0.3) is 5.91 Å². The number of carbonyl (C=O) groups excluding carboxylic acids is 1. The first-order valence-electron chi connectivity index (χ1n) is 9.18. The van der Waals surface area contributed by atoms with Gasteiger partial charge in [0.2, 0.25) is 0 Å². The summed E-state index contributed by atoms with van der Waals surface area (Å²) in [6.45, 7) is 4.45. The van der Waals surface area contributed by atoms with Crippen LogP contribution in [-0.4, -0.2) is 24.2 Å². The number of ether oxygens (including phenoxy) is 2. The molecule has 0 unspecified atom stereocenters. The summed E-state index contributed by atoms with van der Waals surface area (Å²) < 4.78 is 11.4. The molecule has 6 nitrogen and oxygen atoms in total. The Morgan fingerprint density at radius 1 is 1.10 bits per heavy atom. The molecule has 0 atom stereocenters. The molecule has 0 aliphatic heterocycles. The van der Waals surface area contributed by atoms with Crippen LogP contribution in [0.4, 0.5) is 0 Å². The van der Waals surface area contributed by atoms with E-state index < -0.39 is 0 Å². The number of nitrogens with zero attached hydrogens (tertiary/aromatic N) is 2. The molecule has 0 bridgehead atoms. The van der Waals surface area contributed by atoms with Crippen molar-refractivity contribution in [3.8, 4) is 11.5 Å². The van der Waals surface area contributed by atoms with Crippen LogP contribution in [0.25, 0.3) is 0 Å². The van der Waals surface area contributed by atoms with Crippen molar-refractivity contribution < 1.29 is 14.3 Å². The Morgan fingerprint density at radius 3 is 2.66 bits per heavy atom. The van der Waals surface area contributed by atoms with Gasteiger partial charge in [-0.3, -0.25) is 9.78 Å². The molecule has 0 spiro atoms. The van der Waals surface area contributed by atoms with Crippen LogP contribution >= 0.6 is 0 Å². The van der Waals surface area contributed by atoms with Crippen LogP contribution < -0.4 is 14.9 Å². The minimum atomic E-state index is -0.296. The summed E-state index contributed by atoms with van der Waals surface area (Å²) in [5.74, 6) is 1.28. The molecule has 0 aliphatic rings. The van der Waals surface area contributed by atoms with E-state index in [1.165, 1.54) is 5.56 Å². The number of aromatic nitrogens is 1. The number of aryl methyl sites for hydroxylation is 1. The van der Waals surface area contributed by atoms with E-state index in [4.69, 9.17) is 9.47 Å². The van der Waals surface area contributed by atoms with Crippen LogP contribution in [0.2, 0.25) is 0 Å². The Morgan fingerprint density at radius 2 is 1.90 bits per heavy atom. The lowest BCUT2D eigenvalue weighted by molar-refractivity contribution is 0.0955. The van der Waals surface area contributed by atoms with Crippen molar-refractivity contribution >= 4 is 12.1 Å². The van der Waals surface area contributed by atoms with Crippen LogP contribution in [0.5, 0.6) is 11.5 Å². The number of amides is 1. The number of nitrogens with one attached hydrogen (secondary N) is 1. The summed E-state index contributed by atoms with van der Waals surface area (Å²) in [5, 5.41) is 4.03. The lowest BCUT2D eigenvalue weighted by Crippen LogP contribution is -2.17. The second-order valence-electron chi connectivity index (χ2n) is 6.49. The third kappa shape index (κ3) is 5.19. The molecular weight excluding hydrogens is 366 g/mol. The van der Waals surface area contributed by atoms with Crippen LogP contribution in [0.1, 0.15) is 32.6 Å². The Kier molecular flexibility index (Phi) is 6.58. The van der Waals surface area contributed by atoms with E-state index in [1.54, 1.807) is 37.9 Å². The second kappa shape index (κ2) is 9.50. The fourth-order valence-electron chi connectivity index (χ4n) is 2.76. The van der Waals surface area contributed by atoms with Crippen molar-refractivity contribution in [1.29, 1.82) is 0 Å². The Bertz CT molecular complexity index is 1020. The molecule has 0 radical (unpaired) electrons. The molecule has 1 aromatic heterocycles. The summed E-state index contributed by atoms with van der Waals surface area (Å²) in [6, 6.07) is 14.9. The van der Waals surface area contributed by atoms with Gasteiger partial charge in [-0.25, -0.2) is 5.43 Å². The molecule has 0 fully saturated rings. The lowest BCUT2D eigenvalue weighted by Gasteiger charge is -2.13. The molecule has 29 heavy (non-hydrogen) atoms. The van der Waals surface area contributed by atoms with Gasteiger partial charge in [0.1, 0.15) is 18.1 Å². The average Bonchev–Trinajstić information content (AvgIpc) is 2.75. The van der Waals surface area contributed by atoms with Gasteiger partial charge in [-0.05, 0) is 66.9 Å². The standard InChI is InChI=1S/C23H23N3O3/c1-16-5-4-6-21(17(16)2)29-15-20-13-18(7-8-22(20)28-3)14-25-26-23(27)19-9-11-24-12-10-19/h4-14H,15H2,1-3H3,(H,26,27). The Balaban J connectivity index is 1.69. The zero-order valence-corrected chi connectivity index (χ0v) is 16.7. The summed E-state index contributed by atoms with van der Waals surface area (Å²) in [4.78, 5) is 15.9. The number of rotatable bonds is 7. The summed E-state index contributed by atoms with van der Waals surface area (Å²) in [7, 11) is 1.62. The third-order valence-electron chi connectivity index (χ3n) is 4.56. The molecular formula is C23H23N3O3. The molecule has 148 valence electrons. The maximum Gasteiger partial charge on any atom is 0.271 e. The molecule has 3 aromatic rings. The maximum atomic E-state index is 12.0. The number of hydrogen-bond acceptors (Lipinski definition) is 5. The molecule has 3 rings (SSSR count). The predicted molar refractivity (Wildman–Crippen MR) is 113 cm³/mol. The van der Waals surface area contributed by atoms with Crippen LogP contribution in [0.15, 0.2) is 66.0 Å². The van der Waals surface area contributed by atoms with Crippen molar-refractivity contribution in [2.24, 2.45) is 5.10 Å². The number of benzene rings is 2. The number of hydrazone groups is 1. The molecule has 1 N–H and O–H groups in total. The summed E-state index contributed by atoms with van der Waals surface area (Å²) in [5.41, 5.74) is 7.00. The smallest absolute Gasteiger partial charge is 0.271 e. The molecule has 1 amide bonds. The highest BCUT2D eigenvalue weighted by atomic mass is 16.5. The SMILES string of the molecule is COc1ccc(C=NNC(=O)c2ccncc2)cc1COc1cccc(C)c1C. The molecule has 6 heteroatoms. The molecule has 1 heterocycles. The minimum Gasteiger partial charge on any atom is -0.496 e. The topological polar surface area (TPSA) is 72.8 Å². The quantitative estimate of drug-likeness (QED) is 0.489. The summed E-state index contributed by atoms with van der Waals surface area (Å²) >= 11 is 0. The second-order valence-corrected chi connectivity index (χ2v) is 6.49. The van der Waals surface area contributed by atoms with Crippen molar-refractivity contribution in [1.82, 2.24) is 10.4 Å². The average molecular weight is 389 g/mol. The largest absolute Gasteiger partial charge is 0.496 e. The van der Waals surface area contributed by atoms with Gasteiger partial charge < -0.3 is 9.47 Å². The lowest BCUT2D eigenvalue weighted by atomic mass is 10.1. The molecule has 0 saturated heterocycles. The van der Waals surface area contributed by atoms with Crippen molar-refractivity contribution in [2.75, 3.05) is 7.11 Å². The minimum absolute atomic E-state index is 0.296. The van der Waals surface area contributed by atoms with Gasteiger partial charge >= 0.3 is 0 Å². The zero-order chi connectivity index (χ0) is 20.6. The number of methoxy groups -OCH3 is 1. The van der Waals surface area contributed by atoms with Gasteiger partial charge in [-0.2, -0.15) is 5.10 Å². The van der Waals surface area contributed by atoms with Crippen LogP contribution in [0, 0.1) is 13.8 Å². The Hall–Kier alpha value is -3.67. The first-order chi connectivity index (χ1) is 14.1. The van der Waals surface area contributed by atoms with Crippen molar-refractivity contribution in [3.63, 3.8) is 0 Å². The molecule has 0 saturated carbocycles. The fourth-order valence-corrected chi connectivity index (χ4v) is 2.76. The first kappa shape index (κ1) is 20.1. The van der Waals surface area contributed by atoms with E-state index in [-0.39, 0.29) is 5.91 Å². The molecule has 2 aromatic carbocycles. The Labute approximate surface area is 170 Å². The zero-order valence-electron chi connectivity index (χ0n) is 16.7. The van der Waals surface area contributed by atoms with E-state index >= 15 is 0 Å². The van der Waals surface area contributed by atoms with Gasteiger partial charge in [-0.1, -0.05) is 12.1 Å². The maximum absolute atomic E-state index is 12.0.